The number of nitrogens with zero attached hydrogens (tertiary/aromatic N) is 1. The van der Waals surface area contributed by atoms with Crippen LogP contribution in [-0.4, -0.2) is 76.1 Å². The number of rotatable bonds is 9. The summed E-state index contributed by atoms with van der Waals surface area (Å²) in [7, 11) is 0. The van der Waals surface area contributed by atoms with Crippen molar-refractivity contribution >= 4 is 23.7 Å². The molecular formula is C17H30N4O6. The van der Waals surface area contributed by atoms with Gasteiger partial charge in [0, 0.05) is 6.54 Å². The molecule has 0 spiro atoms. The van der Waals surface area contributed by atoms with E-state index in [0.29, 0.717) is 25.8 Å². The molecule has 0 saturated carbocycles. The monoisotopic (exact) mass is 386 g/mol. The number of aliphatic hydroxyl groups is 1. The molecule has 0 aromatic carbocycles. The Bertz CT molecular complexity index is 570. The Balaban J connectivity index is 2.79. The van der Waals surface area contributed by atoms with Crippen LogP contribution in [0.2, 0.25) is 0 Å². The molecule has 1 heterocycles. The number of nitrogens with two attached hydrogens (primary N) is 1. The van der Waals surface area contributed by atoms with E-state index in [4.69, 9.17) is 10.8 Å². The molecule has 27 heavy (non-hydrogen) atoms. The molecule has 1 fully saturated rings. The van der Waals surface area contributed by atoms with Crippen LogP contribution in [0.1, 0.15) is 40.0 Å². The minimum absolute atomic E-state index is 0.254. The molecule has 3 amide bonds. The molecule has 6 N–H and O–H groups in total. The topological polar surface area (TPSA) is 162 Å². The zero-order valence-electron chi connectivity index (χ0n) is 16.0. The highest BCUT2D eigenvalue weighted by Crippen LogP contribution is 2.19. The van der Waals surface area contributed by atoms with Gasteiger partial charge in [0.05, 0.1) is 6.61 Å². The third-order valence-electron chi connectivity index (χ3n) is 4.88. The molecule has 0 radical (unpaired) electrons. The molecule has 1 saturated heterocycles. The average molecular weight is 386 g/mol. The highest BCUT2D eigenvalue weighted by Gasteiger charge is 2.38. The largest absolute Gasteiger partial charge is 0.480 e. The van der Waals surface area contributed by atoms with Crippen molar-refractivity contribution in [2.24, 2.45) is 11.7 Å². The highest BCUT2D eigenvalue weighted by molar-refractivity contribution is 5.94. The van der Waals surface area contributed by atoms with Crippen molar-refractivity contribution in [3.63, 3.8) is 0 Å². The summed E-state index contributed by atoms with van der Waals surface area (Å²) >= 11 is 0. The normalized spacial score (nSPS) is 21.1. The molecule has 5 atom stereocenters. The first-order chi connectivity index (χ1) is 12.6. The maximum absolute atomic E-state index is 12.6. The molecular weight excluding hydrogens is 356 g/mol. The number of aliphatic hydroxyl groups excluding tert-OH is 1. The molecule has 10 heteroatoms. The smallest absolute Gasteiger partial charge is 0.326 e. The van der Waals surface area contributed by atoms with Gasteiger partial charge in [-0.15, -0.1) is 0 Å². The van der Waals surface area contributed by atoms with Gasteiger partial charge >= 0.3 is 5.97 Å². The number of hydrogen-bond acceptors (Lipinski definition) is 6. The van der Waals surface area contributed by atoms with Crippen LogP contribution in [0, 0.1) is 5.92 Å². The lowest BCUT2D eigenvalue weighted by Crippen LogP contribution is -2.56. The van der Waals surface area contributed by atoms with Crippen LogP contribution in [0.15, 0.2) is 0 Å². The number of aliphatic carboxylic acids is 1. The fourth-order valence-electron chi connectivity index (χ4n) is 2.95. The number of nitrogens with one attached hydrogen (secondary N) is 2. The van der Waals surface area contributed by atoms with Crippen LogP contribution in [0.5, 0.6) is 0 Å². The van der Waals surface area contributed by atoms with E-state index in [-0.39, 0.29) is 5.92 Å². The van der Waals surface area contributed by atoms with E-state index < -0.39 is 54.5 Å². The number of carboxylic acids is 1. The van der Waals surface area contributed by atoms with Gasteiger partial charge in [0.15, 0.2) is 0 Å². The van der Waals surface area contributed by atoms with Gasteiger partial charge in [-0.1, -0.05) is 20.3 Å². The van der Waals surface area contributed by atoms with Gasteiger partial charge in [-0.2, -0.15) is 0 Å². The molecule has 5 unspecified atom stereocenters. The first-order valence-electron chi connectivity index (χ1n) is 9.14. The second-order valence-corrected chi connectivity index (χ2v) is 6.92. The Labute approximate surface area is 158 Å². The second kappa shape index (κ2) is 10.2. The quantitative estimate of drug-likeness (QED) is 0.319. The molecule has 0 aliphatic carbocycles. The second-order valence-electron chi connectivity index (χ2n) is 6.92. The minimum atomic E-state index is -1.13. The first kappa shape index (κ1) is 22.8. The fraction of sp³-hybridized carbons (Fsp3) is 0.765. The minimum Gasteiger partial charge on any atom is -0.480 e. The predicted molar refractivity (Wildman–Crippen MR) is 96.4 cm³/mol. The SMILES string of the molecule is CCC(C)C(NC(=O)C1CCCN1C(=O)C(C)NC(=O)C(N)CO)C(=O)O. The molecule has 0 aromatic heterocycles. The Hall–Kier alpha value is -2.20. The highest BCUT2D eigenvalue weighted by atomic mass is 16.4. The molecule has 1 aliphatic rings. The molecule has 10 nitrogen and oxygen atoms in total. The molecule has 0 bridgehead atoms. The van der Waals surface area contributed by atoms with Gasteiger partial charge in [-0.25, -0.2) is 4.79 Å². The van der Waals surface area contributed by atoms with E-state index in [2.05, 4.69) is 10.6 Å². The Morgan fingerprint density at radius 3 is 2.37 bits per heavy atom. The fourth-order valence-corrected chi connectivity index (χ4v) is 2.95. The lowest BCUT2D eigenvalue weighted by molar-refractivity contribution is -0.145. The van der Waals surface area contributed by atoms with E-state index in [1.807, 2.05) is 6.92 Å². The third kappa shape index (κ3) is 5.90. The molecule has 1 rings (SSSR count). The number of amides is 3. The molecule has 1 aliphatic heterocycles. The zero-order chi connectivity index (χ0) is 20.7. The van der Waals surface area contributed by atoms with Gasteiger partial charge in [-0.05, 0) is 25.7 Å². The number of carbonyl (C=O) groups excluding carboxylic acids is 3. The van der Waals surface area contributed by atoms with Crippen molar-refractivity contribution in [3.05, 3.63) is 0 Å². The van der Waals surface area contributed by atoms with Crippen LogP contribution in [0.4, 0.5) is 0 Å². The first-order valence-corrected chi connectivity index (χ1v) is 9.14. The van der Waals surface area contributed by atoms with Crippen LogP contribution in [-0.2, 0) is 19.2 Å². The van der Waals surface area contributed by atoms with E-state index in [1.54, 1.807) is 6.92 Å². The van der Waals surface area contributed by atoms with Gasteiger partial charge in [0.2, 0.25) is 17.7 Å². The van der Waals surface area contributed by atoms with Crippen molar-refractivity contribution in [1.82, 2.24) is 15.5 Å². The van der Waals surface area contributed by atoms with Gasteiger partial charge in [0.25, 0.3) is 0 Å². The summed E-state index contributed by atoms with van der Waals surface area (Å²) in [4.78, 5) is 49.7. The standard InChI is InChI=1S/C17H30N4O6/c1-4-9(2)13(17(26)27)20-15(24)12-6-5-7-21(12)16(25)10(3)19-14(23)11(18)8-22/h9-13,22H,4-8,18H2,1-3H3,(H,19,23)(H,20,24)(H,26,27). The van der Waals surface area contributed by atoms with Crippen LogP contribution in [0.25, 0.3) is 0 Å². The Morgan fingerprint density at radius 2 is 1.85 bits per heavy atom. The summed E-state index contributed by atoms with van der Waals surface area (Å²) < 4.78 is 0. The van der Waals surface area contributed by atoms with E-state index in [0.717, 1.165) is 0 Å². The van der Waals surface area contributed by atoms with Crippen molar-refractivity contribution in [1.29, 1.82) is 0 Å². The van der Waals surface area contributed by atoms with Crippen molar-refractivity contribution in [2.45, 2.75) is 64.2 Å². The maximum Gasteiger partial charge on any atom is 0.326 e. The summed E-state index contributed by atoms with van der Waals surface area (Å²) in [6, 6.07) is -3.87. The molecule has 0 aromatic rings. The Kier molecular flexibility index (Phi) is 8.64. The lowest BCUT2D eigenvalue weighted by atomic mass is 9.98. The average Bonchev–Trinajstić information content (AvgIpc) is 3.13. The van der Waals surface area contributed by atoms with Crippen LogP contribution >= 0.6 is 0 Å². The van der Waals surface area contributed by atoms with Crippen molar-refractivity contribution < 1.29 is 29.4 Å². The van der Waals surface area contributed by atoms with E-state index in [1.165, 1.54) is 11.8 Å². The maximum atomic E-state index is 12.6. The van der Waals surface area contributed by atoms with Gasteiger partial charge in [0.1, 0.15) is 24.2 Å². The molecule has 154 valence electrons. The number of hydrogen-bond donors (Lipinski definition) is 5. The van der Waals surface area contributed by atoms with Crippen LogP contribution in [0.3, 0.4) is 0 Å². The summed E-state index contributed by atoms with van der Waals surface area (Å²) in [6.07, 6.45) is 1.60. The summed E-state index contributed by atoms with van der Waals surface area (Å²) in [6.45, 7) is 4.83. The number of carboxylic acid groups (broad SMARTS) is 1. The third-order valence-corrected chi connectivity index (χ3v) is 4.88. The van der Waals surface area contributed by atoms with Gasteiger partial charge in [-0.3, -0.25) is 14.4 Å². The number of carbonyl (C=O) groups is 4. The van der Waals surface area contributed by atoms with E-state index in [9.17, 15) is 24.3 Å². The van der Waals surface area contributed by atoms with Gasteiger partial charge < -0.3 is 31.5 Å². The number of likely N-dealkylation sites (tertiary alicyclic amines) is 1. The predicted octanol–water partition coefficient (Wildman–Crippen LogP) is -1.58. The van der Waals surface area contributed by atoms with E-state index >= 15 is 0 Å². The lowest BCUT2D eigenvalue weighted by Gasteiger charge is -2.29. The zero-order valence-corrected chi connectivity index (χ0v) is 16.0. The summed E-state index contributed by atoms with van der Waals surface area (Å²) in [5.41, 5.74) is 5.41. The van der Waals surface area contributed by atoms with Crippen molar-refractivity contribution in [2.75, 3.05) is 13.2 Å². The summed E-state index contributed by atoms with van der Waals surface area (Å²) in [5.74, 6) is -3.01. The van der Waals surface area contributed by atoms with Crippen LogP contribution < -0.4 is 16.4 Å². The summed E-state index contributed by atoms with van der Waals surface area (Å²) in [5, 5.41) is 23.2. The van der Waals surface area contributed by atoms with Crippen molar-refractivity contribution in [3.8, 4) is 0 Å². The Morgan fingerprint density at radius 1 is 1.22 bits per heavy atom.